The number of piperidine rings is 1. The molecule has 6 nitrogen and oxygen atoms in total. The highest BCUT2D eigenvalue weighted by atomic mass is 31.0. The zero-order valence-corrected chi connectivity index (χ0v) is 25.3. The van der Waals surface area contributed by atoms with Gasteiger partial charge in [0.25, 0.3) is 11.6 Å². The molecule has 2 aromatic carbocycles. The Kier molecular flexibility index (Phi) is 8.77. The zero-order chi connectivity index (χ0) is 30.1. The average molecular weight is 619 g/mol. The lowest BCUT2D eigenvalue weighted by Gasteiger charge is -2.34. The van der Waals surface area contributed by atoms with Gasteiger partial charge in [0.05, 0.1) is 11.3 Å². The van der Waals surface area contributed by atoms with Crippen LogP contribution in [0.4, 0.5) is 23.2 Å². The number of pyridine rings is 1. The fourth-order valence-electron chi connectivity index (χ4n) is 5.39. The number of carbonyl (C=O) groups is 1. The lowest BCUT2D eigenvalue weighted by Crippen LogP contribution is -2.32. The van der Waals surface area contributed by atoms with Crippen molar-refractivity contribution in [1.29, 1.82) is 0 Å². The summed E-state index contributed by atoms with van der Waals surface area (Å²) in [5.41, 5.74) is 0.456. The van der Waals surface area contributed by atoms with E-state index in [2.05, 4.69) is 19.9 Å². The first-order valence-corrected chi connectivity index (χ1v) is 14.8. The van der Waals surface area contributed by atoms with E-state index in [4.69, 9.17) is 0 Å². The summed E-state index contributed by atoms with van der Waals surface area (Å²) in [6.45, 7) is 3.82. The lowest BCUT2D eigenvalue weighted by molar-refractivity contribution is -0.0892. The van der Waals surface area contributed by atoms with Gasteiger partial charge in [0.1, 0.15) is 17.1 Å². The summed E-state index contributed by atoms with van der Waals surface area (Å²) < 4.78 is 60.3. The van der Waals surface area contributed by atoms with Crippen LogP contribution >= 0.6 is 18.5 Å². The van der Waals surface area contributed by atoms with Crippen molar-refractivity contribution in [2.75, 3.05) is 18.0 Å². The molecule has 1 saturated heterocycles. The van der Waals surface area contributed by atoms with E-state index in [0.29, 0.717) is 18.0 Å². The SMILES string of the molecule is CCc1nc2c(C(F)(F)P)cccn2c1C(=O)NCc1ccc(N2CCC(c3ccc(OC(F)(F)P)cc3)CC2)cc1. The fraction of sp³-hybridized carbons (Fsp3) is 0.333. The number of hydrogen-bond donors (Lipinski definition) is 1. The van der Waals surface area contributed by atoms with Gasteiger partial charge in [0.15, 0.2) is 0 Å². The smallest absolute Gasteiger partial charge is 0.408 e. The minimum Gasteiger partial charge on any atom is -0.430 e. The highest BCUT2D eigenvalue weighted by Crippen LogP contribution is 2.37. The third-order valence-corrected chi connectivity index (χ3v) is 7.92. The minimum atomic E-state index is -3.29. The van der Waals surface area contributed by atoms with E-state index >= 15 is 0 Å². The third-order valence-electron chi connectivity index (χ3n) is 7.49. The highest BCUT2D eigenvalue weighted by molar-refractivity contribution is 7.18. The van der Waals surface area contributed by atoms with Gasteiger partial charge in [0.2, 0.25) is 0 Å². The molecule has 3 heterocycles. The Morgan fingerprint density at radius 2 is 1.69 bits per heavy atom. The number of carbonyl (C=O) groups excluding carboxylic acids is 1. The zero-order valence-electron chi connectivity index (χ0n) is 23.0. The molecule has 12 heteroatoms. The van der Waals surface area contributed by atoms with Gasteiger partial charge in [-0.15, -0.1) is 0 Å². The predicted octanol–water partition coefficient (Wildman–Crippen LogP) is 6.94. The van der Waals surface area contributed by atoms with Crippen molar-refractivity contribution in [3.63, 3.8) is 0 Å². The van der Waals surface area contributed by atoms with E-state index in [-0.39, 0.29) is 35.1 Å². The largest absolute Gasteiger partial charge is 0.430 e. The van der Waals surface area contributed by atoms with Crippen molar-refractivity contribution in [2.45, 2.75) is 50.2 Å². The topological polar surface area (TPSA) is 58.9 Å². The van der Waals surface area contributed by atoms with Gasteiger partial charge in [-0.05, 0) is 81.9 Å². The van der Waals surface area contributed by atoms with Gasteiger partial charge in [-0.25, -0.2) is 4.98 Å². The molecule has 1 aliphatic heterocycles. The number of anilines is 1. The molecule has 222 valence electrons. The van der Waals surface area contributed by atoms with Gasteiger partial charge in [-0.2, -0.15) is 17.6 Å². The summed E-state index contributed by atoms with van der Waals surface area (Å²) in [5, 5.41) is 2.91. The van der Waals surface area contributed by atoms with Gasteiger partial charge in [-0.1, -0.05) is 40.4 Å². The van der Waals surface area contributed by atoms with Crippen LogP contribution in [0, 0.1) is 0 Å². The minimum absolute atomic E-state index is 0.0685. The van der Waals surface area contributed by atoms with Crippen molar-refractivity contribution < 1.29 is 27.1 Å². The molecule has 5 rings (SSSR count). The summed E-state index contributed by atoms with van der Waals surface area (Å²) >= 11 is 0. The second-order valence-corrected chi connectivity index (χ2v) is 11.7. The first-order valence-electron chi connectivity index (χ1n) is 13.7. The molecule has 1 aliphatic rings. The number of ether oxygens (including phenoxy) is 1. The van der Waals surface area contributed by atoms with Crippen molar-refractivity contribution in [3.05, 3.63) is 94.9 Å². The standard InChI is InChI=1S/C30H32F4N4O2P2/c1-2-25-26(38-15-3-4-24(27(38)36-25)29(31,32)41)28(39)35-18-19-5-9-22(10-6-19)37-16-13-21(14-17-37)20-7-11-23(12-8-20)40-30(33,34)42/h3-12,15,21H,2,13-14,16-18,41-42H2,1H3,(H,35,39). The van der Waals surface area contributed by atoms with E-state index in [1.165, 1.54) is 35.0 Å². The molecular formula is C30H32F4N4O2P2. The van der Waals surface area contributed by atoms with Crippen LogP contribution in [0.5, 0.6) is 5.75 Å². The first kappa shape index (κ1) is 30.2. The number of alkyl halides is 4. The van der Waals surface area contributed by atoms with Crippen LogP contribution in [0.15, 0.2) is 66.9 Å². The monoisotopic (exact) mass is 618 g/mol. The van der Waals surface area contributed by atoms with Crippen LogP contribution in [0.1, 0.15) is 58.6 Å². The number of halogens is 4. The van der Waals surface area contributed by atoms with E-state index < -0.39 is 11.5 Å². The summed E-state index contributed by atoms with van der Waals surface area (Å²) in [7, 11) is 2.90. The Balaban J connectivity index is 1.18. The first-order chi connectivity index (χ1) is 19.9. The van der Waals surface area contributed by atoms with Gasteiger partial charge >= 0.3 is 5.85 Å². The number of aryl methyl sites for hydroxylation is 1. The molecule has 0 radical (unpaired) electrons. The van der Waals surface area contributed by atoms with Crippen LogP contribution < -0.4 is 15.0 Å². The number of hydrogen-bond acceptors (Lipinski definition) is 4. The summed E-state index contributed by atoms with van der Waals surface area (Å²) in [5.74, 6) is -3.20. The molecule has 2 aromatic heterocycles. The number of benzene rings is 2. The van der Waals surface area contributed by atoms with Crippen LogP contribution in [0.3, 0.4) is 0 Å². The fourth-order valence-corrected chi connectivity index (χ4v) is 5.75. The Morgan fingerprint density at radius 1 is 1.02 bits per heavy atom. The maximum absolute atomic E-state index is 14.1. The number of nitrogens with one attached hydrogen (secondary N) is 1. The van der Waals surface area contributed by atoms with Gasteiger partial charge in [0, 0.05) is 31.5 Å². The number of nitrogens with zero attached hydrogens (tertiary/aromatic N) is 3. The second-order valence-electron chi connectivity index (χ2n) is 10.3. The molecule has 0 aliphatic carbocycles. The van der Waals surface area contributed by atoms with E-state index in [1.54, 1.807) is 18.3 Å². The molecule has 2 atom stereocenters. The quantitative estimate of drug-likeness (QED) is 0.163. The molecule has 0 bridgehead atoms. The Morgan fingerprint density at radius 3 is 2.29 bits per heavy atom. The van der Waals surface area contributed by atoms with E-state index in [9.17, 15) is 22.4 Å². The number of amides is 1. The Bertz CT molecular complexity index is 1540. The van der Waals surface area contributed by atoms with Gasteiger partial charge in [-0.3, -0.25) is 9.20 Å². The summed E-state index contributed by atoms with van der Waals surface area (Å²) in [6.07, 6.45) is 3.86. The molecule has 1 fully saturated rings. The number of aromatic nitrogens is 2. The van der Waals surface area contributed by atoms with Crippen molar-refractivity contribution in [1.82, 2.24) is 14.7 Å². The molecule has 0 saturated carbocycles. The molecule has 2 unspecified atom stereocenters. The molecule has 1 N–H and O–H groups in total. The van der Waals surface area contributed by atoms with Crippen molar-refractivity contribution in [2.24, 2.45) is 0 Å². The summed E-state index contributed by atoms with van der Waals surface area (Å²) in [4.78, 5) is 19.8. The molecular weight excluding hydrogens is 586 g/mol. The maximum Gasteiger partial charge on any atom is 0.408 e. The van der Waals surface area contributed by atoms with Gasteiger partial charge < -0.3 is 15.0 Å². The maximum atomic E-state index is 14.1. The highest BCUT2D eigenvalue weighted by Gasteiger charge is 2.30. The lowest BCUT2D eigenvalue weighted by atomic mass is 9.89. The Hall–Kier alpha value is -3.22. The molecule has 1 amide bonds. The molecule has 4 aromatic rings. The third kappa shape index (κ3) is 6.87. The van der Waals surface area contributed by atoms with Crippen LogP contribution in [0.2, 0.25) is 0 Å². The molecule has 42 heavy (non-hydrogen) atoms. The number of rotatable bonds is 9. The van der Waals surface area contributed by atoms with Crippen LogP contribution in [0.25, 0.3) is 5.65 Å². The average Bonchev–Trinajstić information content (AvgIpc) is 3.34. The number of imidazole rings is 1. The normalized spacial score (nSPS) is 14.8. The van der Waals surface area contributed by atoms with Crippen molar-refractivity contribution >= 4 is 35.7 Å². The van der Waals surface area contributed by atoms with Crippen molar-refractivity contribution in [3.8, 4) is 5.75 Å². The predicted molar refractivity (Wildman–Crippen MR) is 162 cm³/mol. The Labute approximate surface area is 246 Å². The van der Waals surface area contributed by atoms with E-state index in [1.807, 2.05) is 43.3 Å². The van der Waals surface area contributed by atoms with E-state index in [0.717, 1.165) is 42.7 Å². The van der Waals surface area contributed by atoms with Crippen LogP contribution in [-0.4, -0.2) is 34.2 Å². The molecule has 0 spiro atoms. The second kappa shape index (κ2) is 12.2. The number of fused-ring (bicyclic) bond motifs is 1. The van der Waals surface area contributed by atoms with Crippen LogP contribution in [-0.2, 0) is 18.6 Å². The summed E-state index contributed by atoms with van der Waals surface area (Å²) in [6, 6.07) is 17.6.